The van der Waals surface area contributed by atoms with Crippen LogP contribution in [0.4, 0.5) is 13.2 Å². The minimum atomic E-state index is -4.73. The van der Waals surface area contributed by atoms with Crippen LogP contribution in [0.3, 0.4) is 0 Å². The lowest BCUT2D eigenvalue weighted by Crippen LogP contribution is -2.16. The van der Waals surface area contributed by atoms with Gasteiger partial charge in [0, 0.05) is 6.61 Å². The number of hydrogen-bond acceptors (Lipinski definition) is 3. The predicted molar refractivity (Wildman–Crippen MR) is 29.6 cm³/mol. The number of alkyl halides is 3. The Bertz CT molecular complexity index is 93.5. The lowest BCUT2D eigenvalue weighted by molar-refractivity contribution is -0.485. The molecular formula is C5H9F3O3. The van der Waals surface area contributed by atoms with Gasteiger partial charge in [-0.25, -0.2) is 4.89 Å². The van der Waals surface area contributed by atoms with Crippen molar-refractivity contribution in [2.45, 2.75) is 13.3 Å². The minimum Gasteiger partial charge on any atom is -0.379 e. The Hall–Kier alpha value is -0.330. The van der Waals surface area contributed by atoms with Gasteiger partial charge >= 0.3 is 6.36 Å². The first-order chi connectivity index (χ1) is 5.06. The van der Waals surface area contributed by atoms with Crippen LogP contribution >= 0.6 is 0 Å². The Morgan fingerprint density at radius 1 is 1.18 bits per heavy atom. The Kier molecular flexibility index (Phi) is 5.18. The predicted octanol–water partition coefficient (Wildman–Crippen LogP) is 1.49. The molecule has 0 fully saturated rings. The summed E-state index contributed by atoms with van der Waals surface area (Å²) in [5.74, 6) is 0. The highest BCUT2D eigenvalue weighted by Gasteiger charge is 2.30. The third kappa shape index (κ3) is 9.67. The second-order valence-electron chi connectivity index (χ2n) is 1.55. The van der Waals surface area contributed by atoms with Crippen LogP contribution in [0.25, 0.3) is 0 Å². The van der Waals surface area contributed by atoms with Crippen LogP contribution in [-0.4, -0.2) is 26.2 Å². The molecule has 0 rings (SSSR count). The topological polar surface area (TPSA) is 27.7 Å². The van der Waals surface area contributed by atoms with E-state index in [2.05, 4.69) is 14.5 Å². The van der Waals surface area contributed by atoms with Gasteiger partial charge in [-0.1, -0.05) is 0 Å². The molecule has 3 nitrogen and oxygen atoms in total. The highest BCUT2D eigenvalue weighted by atomic mass is 19.4. The molecule has 0 atom stereocenters. The van der Waals surface area contributed by atoms with E-state index in [9.17, 15) is 13.2 Å². The van der Waals surface area contributed by atoms with E-state index < -0.39 is 6.36 Å². The molecule has 11 heavy (non-hydrogen) atoms. The van der Waals surface area contributed by atoms with Gasteiger partial charge in [0.05, 0.1) is 6.61 Å². The largest absolute Gasteiger partial charge is 0.549 e. The maximum absolute atomic E-state index is 11.2. The van der Waals surface area contributed by atoms with Gasteiger partial charge in [0.15, 0.2) is 0 Å². The van der Waals surface area contributed by atoms with Crippen molar-refractivity contribution in [3.05, 3.63) is 0 Å². The molecule has 0 saturated carbocycles. The smallest absolute Gasteiger partial charge is 0.379 e. The maximum atomic E-state index is 11.2. The van der Waals surface area contributed by atoms with Gasteiger partial charge in [0.25, 0.3) is 0 Å². The molecule has 0 aliphatic heterocycles. The Morgan fingerprint density at radius 2 is 1.82 bits per heavy atom. The van der Waals surface area contributed by atoms with Gasteiger partial charge in [-0.15, -0.1) is 18.1 Å². The summed E-state index contributed by atoms with van der Waals surface area (Å²) in [5, 5.41) is 0. The van der Waals surface area contributed by atoms with E-state index in [0.29, 0.717) is 6.61 Å². The Balaban J connectivity index is 3.02. The fraction of sp³-hybridized carbons (Fsp3) is 1.00. The van der Waals surface area contributed by atoms with Crippen molar-refractivity contribution in [2.24, 2.45) is 0 Å². The molecule has 0 unspecified atom stereocenters. The lowest BCUT2D eigenvalue weighted by atomic mass is 10.7. The molecule has 0 aliphatic rings. The molecule has 6 heteroatoms. The average Bonchev–Trinajstić information content (AvgIpc) is 1.85. The third-order valence-corrected chi connectivity index (χ3v) is 0.669. The molecule has 0 bridgehead atoms. The van der Waals surface area contributed by atoms with E-state index in [-0.39, 0.29) is 13.2 Å². The molecule has 0 saturated heterocycles. The zero-order chi connectivity index (χ0) is 8.74. The van der Waals surface area contributed by atoms with E-state index in [0.717, 1.165) is 0 Å². The van der Waals surface area contributed by atoms with Crippen molar-refractivity contribution in [3.63, 3.8) is 0 Å². The third-order valence-electron chi connectivity index (χ3n) is 0.669. The highest BCUT2D eigenvalue weighted by molar-refractivity contribution is 4.22. The molecule has 0 heterocycles. The van der Waals surface area contributed by atoms with Gasteiger partial charge in [-0.3, -0.25) is 0 Å². The fourth-order valence-corrected chi connectivity index (χ4v) is 0.346. The van der Waals surface area contributed by atoms with E-state index in [1.165, 1.54) is 0 Å². The first kappa shape index (κ1) is 10.7. The molecule has 0 aromatic carbocycles. The van der Waals surface area contributed by atoms with Crippen LogP contribution in [0.5, 0.6) is 0 Å². The van der Waals surface area contributed by atoms with E-state index in [4.69, 9.17) is 0 Å². The highest BCUT2D eigenvalue weighted by Crippen LogP contribution is 2.15. The first-order valence-electron chi connectivity index (χ1n) is 3.01. The number of rotatable bonds is 5. The van der Waals surface area contributed by atoms with Crippen molar-refractivity contribution in [1.29, 1.82) is 0 Å². The summed E-state index contributed by atoms with van der Waals surface area (Å²) in [4.78, 5) is 6.75. The second kappa shape index (κ2) is 5.34. The molecule has 0 N–H and O–H groups in total. The summed E-state index contributed by atoms with van der Waals surface area (Å²) in [6.07, 6.45) is -4.73. The SMILES string of the molecule is CCOCCOOC(F)(F)F. The summed E-state index contributed by atoms with van der Waals surface area (Å²) in [6, 6.07) is 0. The van der Waals surface area contributed by atoms with Gasteiger partial charge in [-0.05, 0) is 6.92 Å². The second-order valence-corrected chi connectivity index (χ2v) is 1.55. The molecule has 0 radical (unpaired) electrons. The summed E-state index contributed by atoms with van der Waals surface area (Å²) in [5.41, 5.74) is 0. The quantitative estimate of drug-likeness (QED) is 0.359. The van der Waals surface area contributed by atoms with Crippen LogP contribution in [0.2, 0.25) is 0 Å². The first-order valence-corrected chi connectivity index (χ1v) is 3.01. The van der Waals surface area contributed by atoms with Crippen LogP contribution in [0.15, 0.2) is 0 Å². The molecule has 0 aromatic heterocycles. The molecule has 68 valence electrons. The maximum Gasteiger partial charge on any atom is 0.549 e. The van der Waals surface area contributed by atoms with Crippen molar-refractivity contribution >= 4 is 0 Å². The van der Waals surface area contributed by atoms with Gasteiger partial charge in [0.1, 0.15) is 6.61 Å². The van der Waals surface area contributed by atoms with Crippen LogP contribution < -0.4 is 0 Å². The van der Waals surface area contributed by atoms with E-state index >= 15 is 0 Å². The van der Waals surface area contributed by atoms with Crippen LogP contribution in [0, 0.1) is 0 Å². The fourth-order valence-electron chi connectivity index (χ4n) is 0.346. The molecule has 0 aromatic rings. The zero-order valence-electron chi connectivity index (χ0n) is 5.98. The Morgan fingerprint density at radius 3 is 2.27 bits per heavy atom. The van der Waals surface area contributed by atoms with Crippen LogP contribution in [-0.2, 0) is 14.5 Å². The summed E-state index contributed by atoms with van der Waals surface area (Å²) < 4.78 is 38.2. The molecule has 0 aliphatic carbocycles. The number of hydrogen-bond donors (Lipinski definition) is 0. The van der Waals surface area contributed by atoms with E-state index in [1.54, 1.807) is 6.92 Å². The van der Waals surface area contributed by atoms with Crippen molar-refractivity contribution in [2.75, 3.05) is 19.8 Å². The van der Waals surface area contributed by atoms with Gasteiger partial charge in [0.2, 0.25) is 0 Å². The van der Waals surface area contributed by atoms with E-state index in [1.807, 2.05) is 0 Å². The summed E-state index contributed by atoms with van der Waals surface area (Å²) in [6.45, 7) is 2.03. The summed E-state index contributed by atoms with van der Waals surface area (Å²) >= 11 is 0. The van der Waals surface area contributed by atoms with Crippen molar-refractivity contribution < 1.29 is 27.7 Å². The molecule has 0 amide bonds. The zero-order valence-corrected chi connectivity index (χ0v) is 5.98. The average molecular weight is 174 g/mol. The lowest BCUT2D eigenvalue weighted by Gasteiger charge is -2.05. The van der Waals surface area contributed by atoms with Gasteiger partial charge < -0.3 is 4.74 Å². The minimum absolute atomic E-state index is 0.0899. The van der Waals surface area contributed by atoms with Crippen LogP contribution in [0.1, 0.15) is 6.92 Å². The normalized spacial score (nSPS) is 12.0. The van der Waals surface area contributed by atoms with Crippen molar-refractivity contribution in [3.8, 4) is 0 Å². The monoisotopic (exact) mass is 174 g/mol. The summed E-state index contributed by atoms with van der Waals surface area (Å²) in [7, 11) is 0. The molecular weight excluding hydrogens is 165 g/mol. The number of ether oxygens (including phenoxy) is 1. The van der Waals surface area contributed by atoms with Crippen molar-refractivity contribution in [1.82, 2.24) is 0 Å². The standard InChI is InChI=1S/C5H9F3O3/c1-2-9-3-4-10-11-5(6,7)8/h2-4H2,1H3. The molecule has 0 spiro atoms. The Labute approximate surface area is 62.0 Å². The number of halogens is 3. The van der Waals surface area contributed by atoms with Gasteiger partial charge in [-0.2, -0.15) is 0 Å².